The van der Waals surface area contributed by atoms with Crippen molar-refractivity contribution < 1.29 is 19.0 Å². The highest BCUT2D eigenvalue weighted by Crippen LogP contribution is 2.28. The fraction of sp³-hybridized carbons (Fsp3) is 0.462. The van der Waals surface area contributed by atoms with Gasteiger partial charge >= 0.3 is 5.97 Å². The first-order valence-electron chi connectivity index (χ1n) is 5.92. The molecule has 0 aliphatic heterocycles. The van der Waals surface area contributed by atoms with E-state index in [4.69, 9.17) is 15.6 Å². The molecule has 1 atom stereocenters. The Morgan fingerprint density at radius 2 is 2.06 bits per heavy atom. The summed E-state index contributed by atoms with van der Waals surface area (Å²) >= 11 is 0. The Morgan fingerprint density at radius 3 is 2.56 bits per heavy atom. The Bertz CT molecular complexity index is 415. The molecule has 5 heteroatoms. The van der Waals surface area contributed by atoms with Gasteiger partial charge in [0.2, 0.25) is 0 Å². The average molecular weight is 252 g/mol. The molecule has 1 aromatic rings. The Kier molecular flexibility index (Phi) is 3.81. The van der Waals surface area contributed by atoms with Crippen molar-refractivity contribution in [3.05, 3.63) is 29.8 Å². The summed E-state index contributed by atoms with van der Waals surface area (Å²) in [5, 5.41) is 8.70. The Labute approximate surface area is 105 Å². The minimum Gasteiger partial charge on any atom is -0.490 e. The van der Waals surface area contributed by atoms with Crippen LogP contribution in [0.5, 0.6) is 5.75 Å². The summed E-state index contributed by atoms with van der Waals surface area (Å²) in [6.07, 6.45) is 0.415. The maximum Gasteiger partial charge on any atom is 0.320 e. The first kappa shape index (κ1) is 12.8. The van der Waals surface area contributed by atoms with E-state index in [2.05, 4.69) is 0 Å². The van der Waals surface area contributed by atoms with Crippen LogP contribution >= 0.6 is 0 Å². The second kappa shape index (κ2) is 5.35. The Hall–Kier alpha value is -1.62. The van der Waals surface area contributed by atoms with Gasteiger partial charge in [0.15, 0.2) is 0 Å². The molecular weight excluding hydrogens is 236 g/mol. The summed E-state index contributed by atoms with van der Waals surface area (Å²) in [7, 11) is 0. The number of carboxylic acids is 1. The van der Waals surface area contributed by atoms with Crippen LogP contribution in [0.15, 0.2) is 24.3 Å². The Balaban J connectivity index is 1.87. The lowest BCUT2D eigenvalue weighted by Crippen LogP contribution is -2.34. The molecule has 1 aliphatic rings. The highest BCUT2D eigenvalue weighted by atomic mass is 18.2. The van der Waals surface area contributed by atoms with Crippen molar-refractivity contribution in [2.75, 3.05) is 0 Å². The summed E-state index contributed by atoms with van der Waals surface area (Å²) in [5.74, 6) is -0.335. The minimum absolute atomic E-state index is 0.0351. The van der Waals surface area contributed by atoms with Gasteiger partial charge in [-0.05, 0) is 24.1 Å². The van der Waals surface area contributed by atoms with Crippen LogP contribution in [0.3, 0.4) is 0 Å². The van der Waals surface area contributed by atoms with Gasteiger partial charge in [-0.1, -0.05) is 12.1 Å². The van der Waals surface area contributed by atoms with Gasteiger partial charge in [0.05, 0.1) is 0 Å². The maximum absolute atomic E-state index is 12.6. The molecule has 1 aliphatic carbocycles. The van der Waals surface area contributed by atoms with Crippen molar-refractivity contribution in [1.82, 2.24) is 0 Å². The van der Waals surface area contributed by atoms with Gasteiger partial charge < -0.3 is 15.6 Å². The van der Waals surface area contributed by atoms with Gasteiger partial charge in [-0.15, -0.1) is 0 Å². The topological polar surface area (TPSA) is 72.5 Å². The number of carboxylic acid groups (broad SMARTS) is 1. The van der Waals surface area contributed by atoms with E-state index in [-0.39, 0.29) is 12.5 Å². The quantitative estimate of drug-likeness (QED) is 0.833. The number of aliphatic carboxylic acids is 1. The molecule has 0 amide bonds. The zero-order valence-corrected chi connectivity index (χ0v) is 9.88. The Morgan fingerprint density at radius 1 is 1.44 bits per heavy atom. The molecule has 0 saturated heterocycles. The number of hydrogen-bond acceptors (Lipinski definition) is 3. The van der Waals surface area contributed by atoms with Crippen molar-refractivity contribution in [3.8, 4) is 5.75 Å². The largest absolute Gasteiger partial charge is 0.490 e. The molecule has 0 radical (unpaired) electrons. The van der Waals surface area contributed by atoms with Crippen LogP contribution < -0.4 is 10.5 Å². The second-order valence-electron chi connectivity index (χ2n) is 4.60. The normalized spacial score (nSPS) is 24.1. The van der Waals surface area contributed by atoms with Crippen LogP contribution in [0.1, 0.15) is 18.4 Å². The summed E-state index contributed by atoms with van der Waals surface area (Å²) in [4.78, 5) is 10.6. The molecule has 4 nitrogen and oxygen atoms in total. The van der Waals surface area contributed by atoms with E-state index in [0.717, 1.165) is 5.56 Å². The van der Waals surface area contributed by atoms with E-state index in [1.165, 1.54) is 0 Å². The number of rotatable bonds is 5. The van der Waals surface area contributed by atoms with E-state index < -0.39 is 18.2 Å². The summed E-state index contributed by atoms with van der Waals surface area (Å²) in [6, 6.07) is 6.19. The van der Waals surface area contributed by atoms with E-state index in [9.17, 15) is 9.18 Å². The zero-order chi connectivity index (χ0) is 13.1. The lowest BCUT2D eigenvalue weighted by Gasteiger charge is -2.30. The molecule has 0 aromatic heterocycles. The zero-order valence-electron chi connectivity index (χ0n) is 9.88. The predicted octanol–water partition coefficient (Wildman–Crippen LogP) is 1.52. The number of benzene rings is 1. The fourth-order valence-corrected chi connectivity index (χ4v) is 1.84. The maximum atomic E-state index is 12.6. The standard InChI is InChI=1S/C13H16FNO3/c14-9-6-11(7-9)18-10-3-1-8(2-4-10)5-12(15)13(16)17/h1-4,9,11-12H,5-7,15H2,(H,16,17)/t9?,11?,12-/m0/s1/i14-1. The molecule has 2 rings (SSSR count). The smallest absolute Gasteiger partial charge is 0.320 e. The molecule has 3 N–H and O–H groups in total. The van der Waals surface area contributed by atoms with Crippen molar-refractivity contribution in [2.45, 2.75) is 37.6 Å². The molecule has 98 valence electrons. The summed E-state index contributed by atoms with van der Waals surface area (Å²) < 4.78 is 18.1. The van der Waals surface area contributed by atoms with Crippen molar-refractivity contribution in [2.24, 2.45) is 5.73 Å². The van der Waals surface area contributed by atoms with Gasteiger partial charge in [0.1, 0.15) is 24.1 Å². The highest BCUT2D eigenvalue weighted by Gasteiger charge is 2.30. The minimum atomic E-state index is -1.02. The number of ether oxygens (including phenoxy) is 1. The van der Waals surface area contributed by atoms with Crippen LogP contribution in [0.4, 0.5) is 4.39 Å². The van der Waals surface area contributed by atoms with Crippen LogP contribution in [0.25, 0.3) is 0 Å². The average Bonchev–Trinajstić information content (AvgIpc) is 2.29. The van der Waals surface area contributed by atoms with Crippen LogP contribution in [-0.2, 0) is 11.2 Å². The lowest BCUT2D eigenvalue weighted by molar-refractivity contribution is -0.138. The number of carbonyl (C=O) groups is 1. The van der Waals surface area contributed by atoms with E-state index >= 15 is 0 Å². The lowest BCUT2D eigenvalue weighted by atomic mass is 9.93. The third kappa shape index (κ3) is 3.20. The molecule has 1 fully saturated rings. The van der Waals surface area contributed by atoms with Crippen LogP contribution in [0, 0.1) is 0 Å². The van der Waals surface area contributed by atoms with Crippen LogP contribution in [0.2, 0.25) is 0 Å². The molecule has 1 saturated carbocycles. The van der Waals surface area contributed by atoms with E-state index in [1.54, 1.807) is 24.3 Å². The molecule has 0 bridgehead atoms. The first-order chi connectivity index (χ1) is 8.54. The van der Waals surface area contributed by atoms with Gasteiger partial charge in [-0.2, -0.15) is 0 Å². The van der Waals surface area contributed by atoms with Gasteiger partial charge in [-0.3, -0.25) is 4.79 Å². The molecule has 0 heterocycles. The SMILES string of the molecule is N[C@@H](Cc1ccc(OC2CC([18F])C2)cc1)C(=O)O. The number of halogens is 1. The second-order valence-corrected chi connectivity index (χ2v) is 4.60. The molecule has 0 unspecified atom stereocenters. The van der Waals surface area contributed by atoms with Gasteiger partial charge in [0.25, 0.3) is 0 Å². The van der Waals surface area contributed by atoms with Crippen molar-refractivity contribution in [1.29, 1.82) is 0 Å². The molecule has 1 aromatic carbocycles. The van der Waals surface area contributed by atoms with Crippen LogP contribution in [-0.4, -0.2) is 29.4 Å². The monoisotopic (exact) mass is 252 g/mol. The third-order valence-corrected chi connectivity index (χ3v) is 3.04. The highest BCUT2D eigenvalue weighted by molar-refractivity contribution is 5.73. The first-order valence-corrected chi connectivity index (χ1v) is 5.92. The number of nitrogens with two attached hydrogens (primary N) is 1. The van der Waals surface area contributed by atoms with Crippen molar-refractivity contribution in [3.63, 3.8) is 0 Å². The predicted molar refractivity (Wildman–Crippen MR) is 64.3 cm³/mol. The number of hydrogen-bond donors (Lipinski definition) is 2. The molecule has 18 heavy (non-hydrogen) atoms. The van der Waals surface area contributed by atoms with Crippen molar-refractivity contribution >= 4 is 5.97 Å². The molecular formula is C13H16FNO3. The van der Waals surface area contributed by atoms with Gasteiger partial charge in [0, 0.05) is 12.8 Å². The summed E-state index contributed by atoms with van der Waals surface area (Å²) in [5.41, 5.74) is 6.28. The summed E-state index contributed by atoms with van der Waals surface area (Å²) in [6.45, 7) is 0. The van der Waals surface area contributed by atoms with E-state index in [0.29, 0.717) is 18.6 Å². The van der Waals surface area contributed by atoms with E-state index in [1.807, 2.05) is 0 Å². The van der Waals surface area contributed by atoms with Gasteiger partial charge in [-0.25, -0.2) is 4.39 Å². The molecule has 0 spiro atoms. The third-order valence-electron chi connectivity index (χ3n) is 3.04. The number of alkyl halides is 1. The fourth-order valence-electron chi connectivity index (χ4n) is 1.84.